The van der Waals surface area contributed by atoms with E-state index in [4.69, 9.17) is 11.6 Å². The number of nitrogens with zero attached hydrogens (tertiary/aromatic N) is 1. The number of halogens is 1. The van der Waals surface area contributed by atoms with E-state index in [0.717, 1.165) is 11.3 Å². The fourth-order valence-electron chi connectivity index (χ4n) is 2.11. The highest BCUT2D eigenvalue weighted by Crippen LogP contribution is 2.21. The molecule has 0 atom stereocenters. The predicted octanol–water partition coefficient (Wildman–Crippen LogP) is 2.67. The zero-order chi connectivity index (χ0) is 18.6. The lowest BCUT2D eigenvalue weighted by Gasteiger charge is -2.13. The van der Waals surface area contributed by atoms with E-state index in [2.05, 4.69) is 9.46 Å². The molecule has 6 nitrogen and oxygen atoms in total. The van der Waals surface area contributed by atoms with Crippen molar-refractivity contribution in [2.24, 2.45) is 0 Å². The number of methoxy groups -OCH3 is 1. The largest absolute Gasteiger partial charge is 0.465 e. The summed E-state index contributed by atoms with van der Waals surface area (Å²) in [6.45, 7) is 0.131. The van der Waals surface area contributed by atoms with Gasteiger partial charge in [0.15, 0.2) is 0 Å². The molecule has 0 aliphatic carbocycles. The number of esters is 1. The number of sulfonamides is 1. The highest BCUT2D eigenvalue weighted by molar-refractivity contribution is 7.89. The molecule has 0 spiro atoms. The fourth-order valence-corrected chi connectivity index (χ4v) is 3.35. The number of anilines is 1. The van der Waals surface area contributed by atoms with Gasteiger partial charge in [0.25, 0.3) is 0 Å². The van der Waals surface area contributed by atoms with Gasteiger partial charge in [-0.05, 0) is 35.9 Å². The van der Waals surface area contributed by atoms with Crippen LogP contribution in [0, 0.1) is 0 Å². The van der Waals surface area contributed by atoms with Crippen LogP contribution >= 0.6 is 11.6 Å². The van der Waals surface area contributed by atoms with Crippen molar-refractivity contribution in [1.29, 1.82) is 0 Å². The first-order valence-electron chi connectivity index (χ1n) is 7.38. The maximum atomic E-state index is 12.4. The number of rotatable bonds is 6. The Morgan fingerprint density at radius 2 is 1.80 bits per heavy atom. The molecule has 2 aromatic rings. The molecule has 0 saturated carbocycles. The van der Waals surface area contributed by atoms with Crippen LogP contribution in [0.2, 0.25) is 5.02 Å². The first kappa shape index (κ1) is 19.2. The summed E-state index contributed by atoms with van der Waals surface area (Å²) in [4.78, 5) is 13.6. The lowest BCUT2D eigenvalue weighted by atomic mass is 10.2. The van der Waals surface area contributed by atoms with Gasteiger partial charge in [-0.15, -0.1) is 0 Å². The van der Waals surface area contributed by atoms with E-state index in [1.54, 1.807) is 0 Å². The zero-order valence-corrected chi connectivity index (χ0v) is 15.7. The Balaban J connectivity index is 2.17. The predicted molar refractivity (Wildman–Crippen MR) is 97.6 cm³/mol. The van der Waals surface area contributed by atoms with Crippen LogP contribution in [-0.2, 0) is 21.3 Å². The number of carbonyl (C=O) groups excluding carboxylic acids is 1. The zero-order valence-electron chi connectivity index (χ0n) is 14.1. The van der Waals surface area contributed by atoms with Crippen molar-refractivity contribution < 1.29 is 17.9 Å². The van der Waals surface area contributed by atoms with Crippen LogP contribution < -0.4 is 9.62 Å². The first-order chi connectivity index (χ1) is 11.7. The third kappa shape index (κ3) is 4.72. The van der Waals surface area contributed by atoms with Gasteiger partial charge < -0.3 is 9.64 Å². The van der Waals surface area contributed by atoms with Crippen LogP contribution in [0.3, 0.4) is 0 Å². The minimum absolute atomic E-state index is 0.00220. The number of hydrogen-bond donors (Lipinski definition) is 1. The molecule has 8 heteroatoms. The van der Waals surface area contributed by atoms with Crippen molar-refractivity contribution in [1.82, 2.24) is 4.72 Å². The van der Waals surface area contributed by atoms with Gasteiger partial charge in [-0.1, -0.05) is 23.7 Å². The van der Waals surface area contributed by atoms with Crippen LogP contribution in [0.5, 0.6) is 0 Å². The Morgan fingerprint density at radius 3 is 2.36 bits per heavy atom. The molecule has 0 aromatic heterocycles. The Hall–Kier alpha value is -2.09. The molecule has 0 radical (unpaired) electrons. The van der Waals surface area contributed by atoms with E-state index in [1.165, 1.54) is 25.3 Å². The topological polar surface area (TPSA) is 75.7 Å². The highest BCUT2D eigenvalue weighted by atomic mass is 35.5. The van der Waals surface area contributed by atoms with Gasteiger partial charge in [0.1, 0.15) is 0 Å². The average molecular weight is 383 g/mol. The molecular formula is C17H19ClN2O4S. The van der Waals surface area contributed by atoms with Crippen molar-refractivity contribution in [3.63, 3.8) is 0 Å². The van der Waals surface area contributed by atoms with Gasteiger partial charge >= 0.3 is 5.97 Å². The number of nitrogens with one attached hydrogen (secondary N) is 1. The van der Waals surface area contributed by atoms with Gasteiger partial charge in [-0.2, -0.15) is 0 Å². The summed E-state index contributed by atoms with van der Waals surface area (Å²) >= 11 is 5.91. The SMILES string of the molecule is COC(=O)c1cc(S(=O)(=O)NCc2ccc(N(C)C)cc2)ccc1Cl. The molecule has 0 saturated heterocycles. The molecule has 2 rings (SSSR count). The van der Waals surface area contributed by atoms with Crippen LogP contribution in [0.15, 0.2) is 47.4 Å². The summed E-state index contributed by atoms with van der Waals surface area (Å²) in [5.74, 6) is -0.693. The summed E-state index contributed by atoms with van der Waals surface area (Å²) in [7, 11) is 1.27. The quantitative estimate of drug-likeness (QED) is 0.777. The van der Waals surface area contributed by atoms with Crippen molar-refractivity contribution in [3.05, 3.63) is 58.6 Å². The summed E-state index contributed by atoms with van der Waals surface area (Å²) in [5.41, 5.74) is 1.84. The van der Waals surface area contributed by atoms with Crippen LogP contribution in [0.25, 0.3) is 0 Å². The fraction of sp³-hybridized carbons (Fsp3) is 0.235. The van der Waals surface area contributed by atoms with Gasteiger partial charge in [0.05, 0.1) is 22.6 Å². The second-order valence-corrected chi connectivity index (χ2v) is 7.69. The first-order valence-corrected chi connectivity index (χ1v) is 9.24. The molecule has 0 aliphatic rings. The lowest BCUT2D eigenvalue weighted by molar-refractivity contribution is 0.0600. The van der Waals surface area contributed by atoms with E-state index < -0.39 is 16.0 Å². The Labute approximate surface area is 152 Å². The number of carbonyl (C=O) groups is 1. The second kappa shape index (κ2) is 7.86. The molecule has 25 heavy (non-hydrogen) atoms. The van der Waals surface area contributed by atoms with E-state index in [0.29, 0.717) is 0 Å². The lowest BCUT2D eigenvalue weighted by Crippen LogP contribution is -2.23. The monoisotopic (exact) mass is 382 g/mol. The minimum atomic E-state index is -3.79. The average Bonchev–Trinajstić information content (AvgIpc) is 2.60. The highest BCUT2D eigenvalue weighted by Gasteiger charge is 2.19. The third-order valence-electron chi connectivity index (χ3n) is 3.57. The molecule has 2 aromatic carbocycles. The summed E-state index contributed by atoms with van der Waals surface area (Å²) in [6, 6.07) is 11.4. The second-order valence-electron chi connectivity index (χ2n) is 5.52. The van der Waals surface area contributed by atoms with E-state index in [1.807, 2.05) is 43.3 Å². The molecule has 0 unspecified atom stereocenters. The van der Waals surface area contributed by atoms with Gasteiger partial charge in [-0.3, -0.25) is 0 Å². The van der Waals surface area contributed by atoms with Gasteiger partial charge in [0.2, 0.25) is 10.0 Å². The van der Waals surface area contributed by atoms with E-state index in [-0.39, 0.29) is 22.0 Å². The molecule has 0 fully saturated rings. The normalized spacial score (nSPS) is 11.2. The number of ether oxygens (including phenoxy) is 1. The van der Waals surface area contributed by atoms with Gasteiger partial charge in [0, 0.05) is 26.3 Å². The Morgan fingerprint density at radius 1 is 1.16 bits per heavy atom. The summed E-state index contributed by atoms with van der Waals surface area (Å²) in [5, 5.41) is 0.130. The molecule has 0 aliphatic heterocycles. The van der Waals surface area contributed by atoms with E-state index in [9.17, 15) is 13.2 Å². The Bertz CT molecular complexity index is 865. The summed E-state index contributed by atoms with van der Waals surface area (Å²) < 4.78 is 32.0. The molecule has 1 N–H and O–H groups in total. The molecule has 134 valence electrons. The maximum Gasteiger partial charge on any atom is 0.339 e. The van der Waals surface area contributed by atoms with Crippen molar-refractivity contribution in [2.45, 2.75) is 11.4 Å². The standard InChI is InChI=1S/C17H19ClN2O4S/c1-20(2)13-6-4-12(5-7-13)11-19-25(22,23)14-8-9-16(18)15(10-14)17(21)24-3/h4-10,19H,11H2,1-3H3. The third-order valence-corrected chi connectivity index (χ3v) is 5.30. The maximum absolute atomic E-state index is 12.4. The smallest absolute Gasteiger partial charge is 0.339 e. The molecule has 0 amide bonds. The molecule has 0 bridgehead atoms. The van der Waals surface area contributed by atoms with Gasteiger partial charge in [-0.25, -0.2) is 17.9 Å². The van der Waals surface area contributed by atoms with Crippen LogP contribution in [0.1, 0.15) is 15.9 Å². The Kier molecular flexibility index (Phi) is 6.05. The minimum Gasteiger partial charge on any atom is -0.465 e. The van der Waals surface area contributed by atoms with Crippen molar-refractivity contribution in [2.75, 3.05) is 26.1 Å². The number of benzene rings is 2. The van der Waals surface area contributed by atoms with Crippen LogP contribution in [-0.4, -0.2) is 35.6 Å². The molecule has 0 heterocycles. The van der Waals surface area contributed by atoms with Crippen molar-refractivity contribution >= 4 is 33.3 Å². The summed E-state index contributed by atoms with van der Waals surface area (Å²) in [6.07, 6.45) is 0. The number of hydrogen-bond acceptors (Lipinski definition) is 5. The van der Waals surface area contributed by atoms with Crippen LogP contribution in [0.4, 0.5) is 5.69 Å². The van der Waals surface area contributed by atoms with E-state index >= 15 is 0 Å². The molecular weight excluding hydrogens is 364 g/mol. The van der Waals surface area contributed by atoms with Crippen molar-refractivity contribution in [3.8, 4) is 0 Å².